The fourth-order valence-electron chi connectivity index (χ4n) is 1.99. The van der Waals surface area contributed by atoms with Crippen LogP contribution in [0.1, 0.15) is 16.2 Å². The largest absolute Gasteiger partial charge is 0.493 e. The Hall–Kier alpha value is -3.36. The third-order valence-electron chi connectivity index (χ3n) is 3.14. The summed E-state index contributed by atoms with van der Waals surface area (Å²) in [6.07, 6.45) is 0. The smallest absolute Gasteiger partial charge is 0.322 e. The van der Waals surface area contributed by atoms with Crippen molar-refractivity contribution in [1.29, 1.82) is 0 Å². The lowest BCUT2D eigenvalue weighted by Crippen LogP contribution is -2.12. The molecular weight excluding hydrogens is 316 g/mol. The van der Waals surface area contributed by atoms with Crippen molar-refractivity contribution < 1.29 is 23.2 Å². The summed E-state index contributed by atoms with van der Waals surface area (Å²) in [6, 6.07) is 6.60. The quantitative estimate of drug-likeness (QED) is 0.758. The molecule has 2 aromatic heterocycles. The maximum atomic E-state index is 12.0. The molecule has 0 saturated carbocycles. The molecule has 0 aliphatic carbocycles. The maximum absolute atomic E-state index is 12.0. The van der Waals surface area contributed by atoms with E-state index in [1.54, 1.807) is 32.2 Å². The minimum absolute atomic E-state index is 0.0505. The number of hydrogen-bond acceptors (Lipinski definition) is 8. The standard InChI is InChI=1S/C15H14N4O5/c1-8-6-10(19-24-8)13(20)16-15-18-17-14(23-15)9-4-5-11(21-2)12(7-9)22-3/h4-7H,1-3H3,(H,16,18,20). The van der Waals surface area contributed by atoms with Crippen molar-refractivity contribution in [2.24, 2.45) is 0 Å². The molecule has 9 heteroatoms. The molecule has 2 heterocycles. The predicted molar refractivity (Wildman–Crippen MR) is 82.0 cm³/mol. The van der Waals surface area contributed by atoms with Crippen molar-refractivity contribution in [2.45, 2.75) is 6.92 Å². The highest BCUT2D eigenvalue weighted by Crippen LogP contribution is 2.32. The summed E-state index contributed by atoms with van der Waals surface area (Å²) in [4.78, 5) is 12.0. The molecule has 0 atom stereocenters. The summed E-state index contributed by atoms with van der Waals surface area (Å²) in [5.41, 5.74) is 0.747. The molecule has 0 unspecified atom stereocenters. The van der Waals surface area contributed by atoms with E-state index in [1.807, 2.05) is 0 Å². The predicted octanol–water partition coefficient (Wildman–Crippen LogP) is 2.30. The van der Waals surface area contributed by atoms with Gasteiger partial charge in [0, 0.05) is 11.6 Å². The number of methoxy groups -OCH3 is 2. The molecule has 24 heavy (non-hydrogen) atoms. The van der Waals surface area contributed by atoms with Crippen molar-refractivity contribution in [3.05, 3.63) is 35.7 Å². The van der Waals surface area contributed by atoms with Gasteiger partial charge in [0.25, 0.3) is 5.91 Å². The molecule has 0 aliphatic heterocycles. The van der Waals surface area contributed by atoms with Gasteiger partial charge in [-0.3, -0.25) is 10.1 Å². The van der Waals surface area contributed by atoms with E-state index in [2.05, 4.69) is 20.7 Å². The zero-order valence-electron chi connectivity index (χ0n) is 13.2. The van der Waals surface area contributed by atoms with Crippen LogP contribution in [0.15, 0.2) is 33.2 Å². The first-order valence-electron chi connectivity index (χ1n) is 6.91. The van der Waals surface area contributed by atoms with Crippen molar-refractivity contribution in [3.8, 4) is 23.0 Å². The molecule has 0 radical (unpaired) electrons. The van der Waals surface area contributed by atoms with Crippen LogP contribution in [0.2, 0.25) is 0 Å². The number of ether oxygens (including phenoxy) is 2. The van der Waals surface area contributed by atoms with Gasteiger partial charge in [-0.2, -0.15) is 0 Å². The first-order valence-corrected chi connectivity index (χ1v) is 6.91. The fraction of sp³-hybridized carbons (Fsp3) is 0.200. The number of carbonyl (C=O) groups excluding carboxylic acids is 1. The van der Waals surface area contributed by atoms with Gasteiger partial charge < -0.3 is 18.4 Å². The molecule has 124 valence electrons. The third-order valence-corrected chi connectivity index (χ3v) is 3.14. The van der Waals surface area contributed by atoms with E-state index >= 15 is 0 Å². The van der Waals surface area contributed by atoms with Gasteiger partial charge >= 0.3 is 6.01 Å². The van der Waals surface area contributed by atoms with Crippen LogP contribution in [-0.4, -0.2) is 35.5 Å². The van der Waals surface area contributed by atoms with Crippen molar-refractivity contribution in [2.75, 3.05) is 19.5 Å². The average molecular weight is 330 g/mol. The number of aromatic nitrogens is 3. The first kappa shape index (κ1) is 15.5. The molecule has 9 nitrogen and oxygen atoms in total. The second-order valence-corrected chi connectivity index (χ2v) is 4.76. The molecule has 0 saturated heterocycles. The van der Waals surface area contributed by atoms with Crippen LogP contribution in [0, 0.1) is 6.92 Å². The lowest BCUT2D eigenvalue weighted by atomic mass is 10.2. The lowest BCUT2D eigenvalue weighted by molar-refractivity contribution is 0.101. The molecule has 1 aromatic carbocycles. The fourth-order valence-corrected chi connectivity index (χ4v) is 1.99. The number of amides is 1. The van der Waals surface area contributed by atoms with E-state index in [9.17, 15) is 4.79 Å². The molecular formula is C15H14N4O5. The Labute approximate surface area is 136 Å². The molecule has 0 aliphatic rings. The van der Waals surface area contributed by atoms with E-state index in [4.69, 9.17) is 18.4 Å². The second kappa shape index (κ2) is 6.41. The Morgan fingerprint density at radius 3 is 2.58 bits per heavy atom. The van der Waals surface area contributed by atoms with Crippen molar-refractivity contribution in [3.63, 3.8) is 0 Å². The van der Waals surface area contributed by atoms with Crippen molar-refractivity contribution in [1.82, 2.24) is 15.4 Å². The topological polar surface area (TPSA) is 113 Å². The molecule has 1 amide bonds. The van der Waals surface area contributed by atoms with Gasteiger partial charge in [0.15, 0.2) is 17.2 Å². The summed E-state index contributed by atoms with van der Waals surface area (Å²) in [5, 5.41) is 13.7. The van der Waals surface area contributed by atoms with E-state index in [0.29, 0.717) is 22.8 Å². The Morgan fingerprint density at radius 1 is 1.12 bits per heavy atom. The van der Waals surface area contributed by atoms with Gasteiger partial charge in [-0.05, 0) is 25.1 Å². The van der Waals surface area contributed by atoms with Gasteiger partial charge in [0.2, 0.25) is 5.89 Å². The summed E-state index contributed by atoms with van der Waals surface area (Å²) >= 11 is 0. The molecule has 0 bridgehead atoms. The van der Waals surface area contributed by atoms with Crippen LogP contribution in [0.5, 0.6) is 11.5 Å². The molecule has 3 rings (SSSR count). The number of nitrogens with one attached hydrogen (secondary N) is 1. The molecule has 1 N–H and O–H groups in total. The number of carbonyl (C=O) groups is 1. The van der Waals surface area contributed by atoms with Crippen LogP contribution in [0.25, 0.3) is 11.5 Å². The zero-order valence-corrected chi connectivity index (χ0v) is 13.2. The zero-order chi connectivity index (χ0) is 17.1. The van der Waals surface area contributed by atoms with E-state index in [1.165, 1.54) is 13.2 Å². The first-order chi connectivity index (χ1) is 11.6. The van der Waals surface area contributed by atoms with E-state index in [-0.39, 0.29) is 17.6 Å². The number of rotatable bonds is 5. The Bertz CT molecular complexity index is 870. The molecule has 0 fully saturated rings. The van der Waals surface area contributed by atoms with E-state index in [0.717, 1.165) is 0 Å². The van der Waals surface area contributed by atoms with Gasteiger partial charge in [-0.1, -0.05) is 10.3 Å². The highest BCUT2D eigenvalue weighted by Gasteiger charge is 2.16. The number of anilines is 1. The van der Waals surface area contributed by atoms with Crippen LogP contribution in [0.3, 0.4) is 0 Å². The molecule has 3 aromatic rings. The highest BCUT2D eigenvalue weighted by atomic mass is 16.5. The number of nitrogens with zero attached hydrogens (tertiary/aromatic N) is 3. The minimum Gasteiger partial charge on any atom is -0.493 e. The average Bonchev–Trinajstić information content (AvgIpc) is 3.23. The number of benzene rings is 1. The van der Waals surface area contributed by atoms with Gasteiger partial charge in [0.1, 0.15) is 5.76 Å². The van der Waals surface area contributed by atoms with Gasteiger partial charge in [-0.15, -0.1) is 5.10 Å². The van der Waals surface area contributed by atoms with Gasteiger partial charge in [0.05, 0.1) is 14.2 Å². The normalized spacial score (nSPS) is 10.5. The van der Waals surface area contributed by atoms with Gasteiger partial charge in [-0.25, -0.2) is 0 Å². The Kier molecular flexibility index (Phi) is 4.15. The maximum Gasteiger partial charge on any atom is 0.322 e. The van der Waals surface area contributed by atoms with E-state index < -0.39 is 5.91 Å². The minimum atomic E-state index is -0.505. The summed E-state index contributed by atoms with van der Waals surface area (Å²) in [6.45, 7) is 1.69. The highest BCUT2D eigenvalue weighted by molar-refractivity contribution is 6.01. The Balaban J connectivity index is 1.79. The van der Waals surface area contributed by atoms with Crippen LogP contribution in [0.4, 0.5) is 6.01 Å². The number of aryl methyl sites for hydroxylation is 1. The third kappa shape index (κ3) is 3.05. The van der Waals surface area contributed by atoms with Crippen LogP contribution < -0.4 is 14.8 Å². The monoisotopic (exact) mass is 330 g/mol. The summed E-state index contributed by atoms with van der Waals surface area (Å²) in [5.74, 6) is 1.35. The second-order valence-electron chi connectivity index (χ2n) is 4.76. The van der Waals surface area contributed by atoms with Crippen molar-refractivity contribution >= 4 is 11.9 Å². The summed E-state index contributed by atoms with van der Waals surface area (Å²) < 4.78 is 20.7. The summed E-state index contributed by atoms with van der Waals surface area (Å²) in [7, 11) is 3.07. The van der Waals surface area contributed by atoms with Crippen LogP contribution in [-0.2, 0) is 0 Å². The molecule has 0 spiro atoms. The number of hydrogen-bond donors (Lipinski definition) is 1. The Morgan fingerprint density at radius 2 is 1.92 bits per heavy atom. The van der Waals surface area contributed by atoms with Crippen LogP contribution >= 0.6 is 0 Å². The SMILES string of the molecule is COc1ccc(-c2nnc(NC(=O)c3cc(C)on3)o2)cc1OC. The lowest BCUT2D eigenvalue weighted by Gasteiger charge is -2.07.